The molecule has 1 aromatic heterocycles. The third-order valence-corrected chi connectivity index (χ3v) is 4.29. The Morgan fingerprint density at radius 3 is 2.64 bits per heavy atom. The number of hydrogen-bond donors (Lipinski definition) is 2. The first-order valence-corrected chi connectivity index (χ1v) is 8.08. The van der Waals surface area contributed by atoms with Crippen LogP contribution in [0.15, 0.2) is 23.8 Å². The van der Waals surface area contributed by atoms with Gasteiger partial charge in [0.2, 0.25) is 0 Å². The van der Waals surface area contributed by atoms with Crippen molar-refractivity contribution >= 4 is 35.3 Å². The fourth-order valence-electron chi connectivity index (χ4n) is 2.74. The van der Waals surface area contributed by atoms with Crippen LogP contribution in [0.4, 0.5) is 29.5 Å². The van der Waals surface area contributed by atoms with Crippen LogP contribution in [0.25, 0.3) is 6.20 Å². The number of allylic oxidation sites excluding steroid dienone is 1. The zero-order chi connectivity index (χ0) is 20.6. The molecule has 11 heteroatoms. The van der Waals surface area contributed by atoms with Crippen molar-refractivity contribution in [1.82, 2.24) is 9.78 Å². The molecule has 1 unspecified atom stereocenters. The van der Waals surface area contributed by atoms with Crippen molar-refractivity contribution in [2.75, 3.05) is 10.6 Å². The SMILES string of the molecule is Cc1ccc(Cl)c(NC(=O)Nc2nn3c(c2C#N)C(C#N)C(C(F)(F)F)=C3)c1. The van der Waals surface area contributed by atoms with Crippen LogP contribution in [0.5, 0.6) is 0 Å². The molecule has 3 rings (SSSR count). The highest BCUT2D eigenvalue weighted by Crippen LogP contribution is 2.43. The number of alkyl halides is 3. The van der Waals surface area contributed by atoms with Crippen molar-refractivity contribution < 1.29 is 18.0 Å². The third-order valence-electron chi connectivity index (χ3n) is 3.96. The minimum absolute atomic E-state index is 0.249. The van der Waals surface area contributed by atoms with Crippen LogP contribution in [0, 0.1) is 29.6 Å². The molecule has 2 aromatic rings. The number of halogens is 4. The van der Waals surface area contributed by atoms with Crippen LogP contribution in [-0.4, -0.2) is 22.0 Å². The molecule has 142 valence electrons. The van der Waals surface area contributed by atoms with Gasteiger partial charge in [0.05, 0.1) is 28.0 Å². The van der Waals surface area contributed by atoms with Crippen LogP contribution < -0.4 is 10.6 Å². The number of urea groups is 1. The first-order valence-electron chi connectivity index (χ1n) is 7.71. The summed E-state index contributed by atoms with van der Waals surface area (Å²) in [5, 5.41) is 27.4. The zero-order valence-electron chi connectivity index (χ0n) is 14.1. The Kier molecular flexibility index (Phi) is 4.75. The topological polar surface area (TPSA) is 107 Å². The Labute approximate surface area is 161 Å². The lowest BCUT2D eigenvalue weighted by Gasteiger charge is -2.11. The summed E-state index contributed by atoms with van der Waals surface area (Å²) in [6, 6.07) is 7.37. The van der Waals surface area contributed by atoms with E-state index in [4.69, 9.17) is 16.9 Å². The Balaban J connectivity index is 1.90. The summed E-state index contributed by atoms with van der Waals surface area (Å²) in [6.07, 6.45) is -4.12. The van der Waals surface area contributed by atoms with E-state index in [2.05, 4.69) is 15.7 Å². The lowest BCUT2D eigenvalue weighted by molar-refractivity contribution is -0.0929. The first-order chi connectivity index (χ1) is 13.2. The average molecular weight is 407 g/mol. The standard InChI is InChI=1S/C17H10ClF3N6O/c1-8-2-3-12(18)13(4-8)24-16(28)25-15-10(6-23)14-9(5-22)11(17(19,20)21)7-27(14)26-15/h2-4,7,9H,1H3,(H2,24,25,26,28). The van der Waals surface area contributed by atoms with Gasteiger partial charge in [-0.2, -0.15) is 23.7 Å². The Hall–Kier alpha value is -3.50. The van der Waals surface area contributed by atoms with Gasteiger partial charge in [0.15, 0.2) is 5.82 Å². The number of benzene rings is 1. The molecular weight excluding hydrogens is 397 g/mol. The quantitative estimate of drug-likeness (QED) is 0.771. The molecule has 1 aromatic carbocycles. The highest BCUT2D eigenvalue weighted by Gasteiger charge is 2.46. The normalized spacial score (nSPS) is 15.2. The van der Waals surface area contributed by atoms with Crippen molar-refractivity contribution in [1.29, 1.82) is 10.5 Å². The number of carbonyl (C=O) groups excluding carboxylic acids is 1. The van der Waals surface area contributed by atoms with Crippen molar-refractivity contribution in [2.24, 2.45) is 0 Å². The van der Waals surface area contributed by atoms with Crippen molar-refractivity contribution in [3.05, 3.63) is 45.6 Å². The molecular formula is C17H10ClF3N6O. The second-order valence-corrected chi connectivity index (χ2v) is 6.28. The zero-order valence-corrected chi connectivity index (χ0v) is 14.9. The van der Waals surface area contributed by atoms with Crippen LogP contribution in [0.1, 0.15) is 22.7 Å². The fourth-order valence-corrected chi connectivity index (χ4v) is 2.90. The number of hydrogen-bond acceptors (Lipinski definition) is 4. The number of aryl methyl sites for hydroxylation is 1. The largest absolute Gasteiger partial charge is 0.415 e. The van der Waals surface area contributed by atoms with Crippen molar-refractivity contribution in [2.45, 2.75) is 19.0 Å². The molecule has 0 aliphatic carbocycles. The average Bonchev–Trinajstić information content (AvgIpc) is 3.12. The molecule has 2 heterocycles. The van der Waals surface area contributed by atoms with Gasteiger partial charge in [0, 0.05) is 6.20 Å². The van der Waals surface area contributed by atoms with E-state index in [1.165, 1.54) is 6.07 Å². The Morgan fingerprint density at radius 2 is 2.04 bits per heavy atom. The number of nitrogens with zero attached hydrogens (tertiary/aromatic N) is 4. The molecule has 2 amide bonds. The highest BCUT2D eigenvalue weighted by molar-refractivity contribution is 6.33. The molecule has 1 atom stereocenters. The maximum atomic E-state index is 13.1. The van der Waals surface area contributed by atoms with Gasteiger partial charge in [-0.1, -0.05) is 17.7 Å². The fraction of sp³-hybridized carbons (Fsp3) is 0.176. The summed E-state index contributed by atoms with van der Waals surface area (Å²) in [5.41, 5.74) is -0.566. The maximum absolute atomic E-state index is 13.1. The van der Waals surface area contributed by atoms with Crippen molar-refractivity contribution in [3.63, 3.8) is 0 Å². The molecule has 28 heavy (non-hydrogen) atoms. The van der Waals surface area contributed by atoms with Gasteiger partial charge >= 0.3 is 12.2 Å². The van der Waals surface area contributed by atoms with E-state index >= 15 is 0 Å². The summed E-state index contributed by atoms with van der Waals surface area (Å²) < 4.78 is 40.0. The number of rotatable bonds is 2. The number of anilines is 2. The van der Waals surface area contributed by atoms with E-state index in [1.807, 2.05) is 0 Å². The van der Waals surface area contributed by atoms with Gasteiger partial charge in [0.1, 0.15) is 17.6 Å². The second-order valence-electron chi connectivity index (χ2n) is 5.87. The van der Waals surface area contributed by atoms with Crippen molar-refractivity contribution in [3.8, 4) is 12.1 Å². The van der Waals surface area contributed by atoms with E-state index in [0.717, 1.165) is 10.2 Å². The molecule has 0 fully saturated rings. The summed E-state index contributed by atoms with van der Waals surface area (Å²) in [4.78, 5) is 12.2. The van der Waals surface area contributed by atoms with Gasteiger partial charge in [-0.25, -0.2) is 9.48 Å². The number of carbonyl (C=O) groups is 1. The van der Waals surface area contributed by atoms with Crippen LogP contribution in [0.3, 0.4) is 0 Å². The molecule has 0 spiro atoms. The molecule has 0 radical (unpaired) electrons. The van der Waals surface area contributed by atoms with Gasteiger partial charge in [-0.05, 0) is 24.6 Å². The smallest absolute Gasteiger partial charge is 0.306 e. The maximum Gasteiger partial charge on any atom is 0.415 e. The van der Waals surface area contributed by atoms with E-state index in [-0.39, 0.29) is 22.1 Å². The third kappa shape index (κ3) is 3.38. The number of amides is 2. The van der Waals surface area contributed by atoms with E-state index in [0.29, 0.717) is 11.9 Å². The van der Waals surface area contributed by atoms with E-state index in [9.17, 15) is 23.2 Å². The predicted octanol–water partition coefficient (Wildman–Crippen LogP) is 4.38. The minimum atomic E-state index is -4.75. The first kappa shape index (κ1) is 19.3. The van der Waals surface area contributed by atoms with Gasteiger partial charge in [-0.3, -0.25) is 5.32 Å². The minimum Gasteiger partial charge on any atom is -0.306 e. The molecule has 2 N–H and O–H groups in total. The summed E-state index contributed by atoms with van der Waals surface area (Å²) in [6.45, 7) is 1.79. The molecule has 0 saturated heterocycles. The van der Waals surface area contributed by atoms with E-state index < -0.39 is 23.7 Å². The number of fused-ring (bicyclic) bond motifs is 1. The van der Waals surface area contributed by atoms with Crippen LogP contribution in [0.2, 0.25) is 5.02 Å². The Bertz CT molecular complexity index is 1090. The summed E-state index contributed by atoms with van der Waals surface area (Å²) in [5.74, 6) is -1.98. The number of nitrogens with one attached hydrogen (secondary N) is 2. The Morgan fingerprint density at radius 1 is 1.32 bits per heavy atom. The lowest BCUT2D eigenvalue weighted by Crippen LogP contribution is -2.21. The molecule has 1 aliphatic rings. The number of nitriles is 2. The summed E-state index contributed by atoms with van der Waals surface area (Å²) in [7, 11) is 0. The highest BCUT2D eigenvalue weighted by atomic mass is 35.5. The molecule has 7 nitrogen and oxygen atoms in total. The van der Waals surface area contributed by atoms with Crippen LogP contribution in [-0.2, 0) is 0 Å². The predicted molar refractivity (Wildman–Crippen MR) is 94.5 cm³/mol. The molecule has 1 aliphatic heterocycles. The van der Waals surface area contributed by atoms with E-state index in [1.54, 1.807) is 31.2 Å². The summed E-state index contributed by atoms with van der Waals surface area (Å²) >= 11 is 5.99. The van der Waals surface area contributed by atoms with Gasteiger partial charge in [0.25, 0.3) is 0 Å². The van der Waals surface area contributed by atoms with Gasteiger partial charge in [-0.15, -0.1) is 5.10 Å². The van der Waals surface area contributed by atoms with Crippen LogP contribution >= 0.6 is 11.6 Å². The molecule has 0 saturated carbocycles. The number of aromatic nitrogens is 2. The molecule has 0 bridgehead atoms. The van der Waals surface area contributed by atoms with Gasteiger partial charge < -0.3 is 5.32 Å². The lowest BCUT2D eigenvalue weighted by atomic mass is 9.97. The second kappa shape index (κ2) is 6.91. The monoisotopic (exact) mass is 406 g/mol.